The molecule has 5 heteroatoms. The Morgan fingerprint density at radius 1 is 1.35 bits per heavy atom. The lowest BCUT2D eigenvalue weighted by atomic mass is 10.2. The van der Waals surface area contributed by atoms with Gasteiger partial charge in [0.15, 0.2) is 0 Å². The van der Waals surface area contributed by atoms with Gasteiger partial charge in [-0.05, 0) is 47.2 Å². The van der Waals surface area contributed by atoms with Crippen LogP contribution in [0.4, 0.5) is 0 Å². The summed E-state index contributed by atoms with van der Waals surface area (Å²) in [5.74, 6) is 0. The first-order valence-corrected chi connectivity index (χ1v) is 6.72. The highest BCUT2D eigenvalue weighted by Gasteiger charge is 2.01. The lowest BCUT2D eigenvalue weighted by Gasteiger charge is -2.05. The number of pyridine rings is 1. The van der Waals surface area contributed by atoms with E-state index < -0.39 is 0 Å². The van der Waals surface area contributed by atoms with Crippen LogP contribution in [0.25, 0.3) is 5.69 Å². The van der Waals surface area contributed by atoms with Crippen LogP contribution in [-0.4, -0.2) is 21.3 Å². The SMILES string of the molecule is CCCNCc1cncc(-n2cc(I)cn2)c1. The Morgan fingerprint density at radius 3 is 2.94 bits per heavy atom. The van der Waals surface area contributed by atoms with Crippen LogP contribution in [-0.2, 0) is 6.54 Å². The molecule has 0 unspecified atom stereocenters. The molecular formula is C12H15IN4. The van der Waals surface area contributed by atoms with Crippen molar-refractivity contribution in [2.75, 3.05) is 6.54 Å². The second-order valence-electron chi connectivity index (χ2n) is 3.83. The molecule has 0 saturated carbocycles. The number of halogens is 1. The molecule has 0 aliphatic carbocycles. The Hall–Kier alpha value is -0.950. The van der Waals surface area contributed by atoms with Gasteiger partial charge in [-0.25, -0.2) is 4.68 Å². The van der Waals surface area contributed by atoms with E-state index in [0.29, 0.717) is 0 Å². The van der Waals surface area contributed by atoms with Crippen molar-refractivity contribution in [3.05, 3.63) is 40.0 Å². The maximum atomic E-state index is 4.27. The molecule has 4 nitrogen and oxygen atoms in total. The highest BCUT2D eigenvalue weighted by Crippen LogP contribution is 2.10. The van der Waals surface area contributed by atoms with Crippen LogP contribution in [0.2, 0.25) is 0 Å². The molecule has 0 bridgehead atoms. The van der Waals surface area contributed by atoms with Gasteiger partial charge in [0.2, 0.25) is 0 Å². The summed E-state index contributed by atoms with van der Waals surface area (Å²) in [7, 11) is 0. The van der Waals surface area contributed by atoms with E-state index in [0.717, 1.165) is 28.8 Å². The minimum absolute atomic E-state index is 0.854. The van der Waals surface area contributed by atoms with Gasteiger partial charge in [0.05, 0.1) is 21.7 Å². The molecule has 17 heavy (non-hydrogen) atoms. The fourth-order valence-corrected chi connectivity index (χ4v) is 1.94. The number of hydrogen-bond donors (Lipinski definition) is 1. The summed E-state index contributed by atoms with van der Waals surface area (Å²) >= 11 is 2.25. The van der Waals surface area contributed by atoms with Crippen LogP contribution >= 0.6 is 22.6 Å². The van der Waals surface area contributed by atoms with E-state index in [9.17, 15) is 0 Å². The van der Waals surface area contributed by atoms with Crippen LogP contribution in [0.5, 0.6) is 0 Å². The molecule has 0 aliphatic rings. The Balaban J connectivity index is 2.11. The Bertz CT molecular complexity index is 481. The van der Waals surface area contributed by atoms with Crippen molar-refractivity contribution < 1.29 is 0 Å². The largest absolute Gasteiger partial charge is 0.313 e. The van der Waals surface area contributed by atoms with Crippen molar-refractivity contribution >= 4 is 22.6 Å². The van der Waals surface area contributed by atoms with Gasteiger partial charge in [0.1, 0.15) is 0 Å². The minimum atomic E-state index is 0.854. The summed E-state index contributed by atoms with van der Waals surface area (Å²) in [5, 5.41) is 7.64. The summed E-state index contributed by atoms with van der Waals surface area (Å²) in [5.41, 5.74) is 2.19. The molecule has 0 fully saturated rings. The van der Waals surface area contributed by atoms with Gasteiger partial charge in [-0.3, -0.25) is 4.98 Å². The number of hydrogen-bond acceptors (Lipinski definition) is 3. The molecular weight excluding hydrogens is 327 g/mol. The molecule has 0 amide bonds. The molecule has 90 valence electrons. The monoisotopic (exact) mass is 342 g/mol. The van der Waals surface area contributed by atoms with Crippen molar-refractivity contribution in [2.24, 2.45) is 0 Å². The summed E-state index contributed by atoms with van der Waals surface area (Å²) in [6.07, 6.45) is 8.68. The Morgan fingerprint density at radius 2 is 2.24 bits per heavy atom. The average molecular weight is 342 g/mol. The van der Waals surface area contributed by atoms with E-state index in [2.05, 4.69) is 51.0 Å². The van der Waals surface area contributed by atoms with Crippen LogP contribution < -0.4 is 5.32 Å². The van der Waals surface area contributed by atoms with Crippen molar-refractivity contribution in [2.45, 2.75) is 19.9 Å². The van der Waals surface area contributed by atoms with Gasteiger partial charge in [0.25, 0.3) is 0 Å². The number of rotatable bonds is 5. The van der Waals surface area contributed by atoms with Gasteiger partial charge >= 0.3 is 0 Å². The van der Waals surface area contributed by atoms with Gasteiger partial charge in [-0.2, -0.15) is 5.10 Å². The fraction of sp³-hybridized carbons (Fsp3) is 0.333. The zero-order chi connectivity index (χ0) is 12.1. The predicted molar refractivity (Wildman–Crippen MR) is 76.1 cm³/mol. The van der Waals surface area contributed by atoms with Crippen LogP contribution in [0, 0.1) is 3.57 Å². The normalized spacial score (nSPS) is 10.7. The van der Waals surface area contributed by atoms with E-state index in [4.69, 9.17) is 0 Å². The molecule has 0 saturated heterocycles. The molecule has 0 atom stereocenters. The second kappa shape index (κ2) is 6.11. The van der Waals surface area contributed by atoms with Crippen LogP contribution in [0.3, 0.4) is 0 Å². The molecule has 1 N–H and O–H groups in total. The smallest absolute Gasteiger partial charge is 0.0832 e. The summed E-state index contributed by atoms with van der Waals surface area (Å²) in [6, 6.07) is 2.11. The van der Waals surface area contributed by atoms with E-state index in [1.54, 1.807) is 0 Å². The minimum Gasteiger partial charge on any atom is -0.313 e. The van der Waals surface area contributed by atoms with Gasteiger partial charge in [0, 0.05) is 18.9 Å². The van der Waals surface area contributed by atoms with Crippen molar-refractivity contribution in [1.82, 2.24) is 20.1 Å². The van der Waals surface area contributed by atoms with Gasteiger partial charge in [-0.1, -0.05) is 6.92 Å². The topological polar surface area (TPSA) is 42.7 Å². The average Bonchev–Trinajstić information content (AvgIpc) is 2.77. The zero-order valence-corrected chi connectivity index (χ0v) is 11.9. The number of nitrogens with one attached hydrogen (secondary N) is 1. The Kier molecular flexibility index (Phi) is 4.49. The van der Waals surface area contributed by atoms with E-state index in [1.165, 1.54) is 5.56 Å². The highest BCUT2D eigenvalue weighted by atomic mass is 127. The fourth-order valence-electron chi connectivity index (χ4n) is 1.55. The predicted octanol–water partition coefficient (Wildman–Crippen LogP) is 2.37. The maximum absolute atomic E-state index is 4.27. The molecule has 0 aromatic carbocycles. The molecule has 0 spiro atoms. The van der Waals surface area contributed by atoms with Crippen LogP contribution in [0.15, 0.2) is 30.9 Å². The van der Waals surface area contributed by atoms with Crippen molar-refractivity contribution in [1.29, 1.82) is 0 Å². The van der Waals surface area contributed by atoms with E-state index in [-0.39, 0.29) is 0 Å². The molecule has 0 radical (unpaired) electrons. The summed E-state index contributed by atoms with van der Waals surface area (Å²) < 4.78 is 2.97. The third-order valence-electron chi connectivity index (χ3n) is 2.35. The third-order valence-corrected chi connectivity index (χ3v) is 2.91. The summed E-state index contributed by atoms with van der Waals surface area (Å²) in [6.45, 7) is 4.05. The summed E-state index contributed by atoms with van der Waals surface area (Å²) in [4.78, 5) is 4.25. The molecule has 2 aromatic heterocycles. The third kappa shape index (κ3) is 3.50. The lowest BCUT2D eigenvalue weighted by Crippen LogP contribution is -2.14. The lowest BCUT2D eigenvalue weighted by molar-refractivity contribution is 0.673. The number of aromatic nitrogens is 3. The first-order chi connectivity index (χ1) is 8.29. The van der Waals surface area contributed by atoms with Crippen molar-refractivity contribution in [3.63, 3.8) is 0 Å². The molecule has 2 aromatic rings. The first kappa shape index (κ1) is 12.5. The molecule has 2 heterocycles. The highest BCUT2D eigenvalue weighted by molar-refractivity contribution is 14.1. The first-order valence-electron chi connectivity index (χ1n) is 5.65. The van der Waals surface area contributed by atoms with Crippen molar-refractivity contribution in [3.8, 4) is 5.69 Å². The standard InChI is InChI=1S/C12H15IN4/c1-2-3-14-5-10-4-12(8-15-6-10)17-9-11(13)7-16-17/h4,6-9,14H,2-3,5H2,1H3. The molecule has 0 aliphatic heterocycles. The molecule has 2 rings (SSSR count). The Labute approximate surface area is 115 Å². The second-order valence-corrected chi connectivity index (χ2v) is 5.08. The van der Waals surface area contributed by atoms with Crippen LogP contribution in [0.1, 0.15) is 18.9 Å². The zero-order valence-electron chi connectivity index (χ0n) is 9.73. The van der Waals surface area contributed by atoms with E-state index in [1.807, 2.05) is 29.5 Å². The van der Waals surface area contributed by atoms with Gasteiger partial charge < -0.3 is 5.32 Å². The quantitative estimate of drug-likeness (QED) is 0.670. The number of nitrogens with zero attached hydrogens (tertiary/aromatic N) is 3. The maximum Gasteiger partial charge on any atom is 0.0832 e. The van der Waals surface area contributed by atoms with E-state index >= 15 is 0 Å². The van der Waals surface area contributed by atoms with Gasteiger partial charge in [-0.15, -0.1) is 0 Å².